The molecule has 0 aromatic heterocycles. The number of rotatable bonds is 5. The van der Waals surface area contributed by atoms with Crippen LogP contribution in [0, 0.1) is 6.92 Å². The number of hydrogen-bond acceptors (Lipinski definition) is 4. The van der Waals surface area contributed by atoms with E-state index in [1.165, 1.54) is 14.0 Å². The zero-order valence-corrected chi connectivity index (χ0v) is 14.4. The van der Waals surface area contributed by atoms with E-state index >= 15 is 0 Å². The molecular formula is C18H18ClNO4. The van der Waals surface area contributed by atoms with Crippen LogP contribution >= 0.6 is 11.6 Å². The number of ether oxygens (including phenoxy) is 2. The van der Waals surface area contributed by atoms with Crippen molar-refractivity contribution in [3.05, 3.63) is 58.6 Å². The quantitative estimate of drug-likeness (QED) is 0.834. The van der Waals surface area contributed by atoms with E-state index in [2.05, 4.69) is 5.32 Å². The Hall–Kier alpha value is -2.53. The Bertz CT molecular complexity index is 743. The fourth-order valence-corrected chi connectivity index (χ4v) is 2.14. The summed E-state index contributed by atoms with van der Waals surface area (Å²) in [5, 5.41) is 3.22. The monoisotopic (exact) mass is 347 g/mol. The Kier molecular flexibility index (Phi) is 5.82. The molecule has 2 aromatic carbocycles. The van der Waals surface area contributed by atoms with Gasteiger partial charge < -0.3 is 14.8 Å². The molecule has 6 heteroatoms. The molecule has 2 aromatic rings. The molecule has 2 rings (SSSR count). The molecular weight excluding hydrogens is 330 g/mol. The van der Waals surface area contributed by atoms with Crippen molar-refractivity contribution in [3.8, 4) is 5.75 Å². The molecule has 0 bridgehead atoms. The van der Waals surface area contributed by atoms with Crippen LogP contribution in [0.3, 0.4) is 0 Å². The van der Waals surface area contributed by atoms with Crippen LogP contribution in [0.4, 0.5) is 5.69 Å². The Morgan fingerprint density at radius 2 is 1.79 bits per heavy atom. The number of halogens is 1. The third-order valence-electron chi connectivity index (χ3n) is 3.44. The number of benzene rings is 2. The highest BCUT2D eigenvalue weighted by atomic mass is 35.5. The van der Waals surface area contributed by atoms with Crippen molar-refractivity contribution in [1.29, 1.82) is 0 Å². The smallest absolute Gasteiger partial charge is 0.338 e. The Balaban J connectivity index is 1.99. The number of carbonyl (C=O) groups excluding carboxylic acids is 2. The third kappa shape index (κ3) is 4.49. The molecule has 24 heavy (non-hydrogen) atoms. The average molecular weight is 348 g/mol. The minimum atomic E-state index is -0.946. The summed E-state index contributed by atoms with van der Waals surface area (Å²) in [4.78, 5) is 24.3. The summed E-state index contributed by atoms with van der Waals surface area (Å²) in [5.74, 6) is -0.376. The lowest BCUT2D eigenvalue weighted by molar-refractivity contribution is -0.123. The van der Waals surface area contributed by atoms with E-state index in [1.807, 2.05) is 6.92 Å². The van der Waals surface area contributed by atoms with Gasteiger partial charge in [-0.25, -0.2) is 4.79 Å². The van der Waals surface area contributed by atoms with E-state index in [-0.39, 0.29) is 0 Å². The van der Waals surface area contributed by atoms with Crippen LogP contribution < -0.4 is 10.1 Å². The predicted octanol–water partition coefficient (Wildman–Crippen LogP) is 3.84. The number of hydrogen-bond donors (Lipinski definition) is 1. The van der Waals surface area contributed by atoms with Crippen LogP contribution in [0.5, 0.6) is 5.75 Å². The second-order valence-corrected chi connectivity index (χ2v) is 5.66. The summed E-state index contributed by atoms with van der Waals surface area (Å²) in [6.07, 6.45) is -0.946. The van der Waals surface area contributed by atoms with E-state index < -0.39 is 18.0 Å². The van der Waals surface area contributed by atoms with Gasteiger partial charge in [-0.2, -0.15) is 0 Å². The van der Waals surface area contributed by atoms with Gasteiger partial charge in [-0.15, -0.1) is 0 Å². The Morgan fingerprint density at radius 1 is 1.12 bits per heavy atom. The van der Waals surface area contributed by atoms with Crippen molar-refractivity contribution in [1.82, 2.24) is 0 Å². The average Bonchev–Trinajstić information content (AvgIpc) is 2.58. The summed E-state index contributed by atoms with van der Waals surface area (Å²) in [6.45, 7) is 3.36. The molecule has 0 heterocycles. The molecule has 0 radical (unpaired) electrons. The summed E-state index contributed by atoms with van der Waals surface area (Å²) >= 11 is 5.92. The first kappa shape index (κ1) is 17.8. The maximum atomic E-state index is 12.2. The second-order valence-electron chi connectivity index (χ2n) is 5.22. The standard InChI is InChI=1S/C18H18ClNO4/c1-11-4-7-14(19)10-16(11)20-17(21)12(2)24-18(22)13-5-8-15(23-3)9-6-13/h4-10,12H,1-3H3,(H,20,21). The van der Waals surface area contributed by atoms with Crippen molar-refractivity contribution in [2.75, 3.05) is 12.4 Å². The van der Waals surface area contributed by atoms with E-state index in [4.69, 9.17) is 21.1 Å². The normalized spacial score (nSPS) is 11.5. The summed E-state index contributed by atoms with van der Waals surface area (Å²) in [7, 11) is 1.54. The molecule has 126 valence electrons. The maximum absolute atomic E-state index is 12.2. The van der Waals surface area contributed by atoms with Crippen molar-refractivity contribution < 1.29 is 19.1 Å². The van der Waals surface area contributed by atoms with E-state index in [9.17, 15) is 9.59 Å². The molecule has 0 aliphatic carbocycles. The van der Waals surface area contributed by atoms with E-state index in [0.717, 1.165) is 5.56 Å². The number of nitrogens with one attached hydrogen (secondary N) is 1. The minimum Gasteiger partial charge on any atom is -0.497 e. The lowest BCUT2D eigenvalue weighted by Crippen LogP contribution is -2.30. The van der Waals surface area contributed by atoms with Crippen LogP contribution in [0.25, 0.3) is 0 Å². The molecule has 1 atom stereocenters. The second kappa shape index (κ2) is 7.84. The predicted molar refractivity (Wildman–Crippen MR) is 92.7 cm³/mol. The van der Waals surface area contributed by atoms with Gasteiger partial charge in [0, 0.05) is 10.7 Å². The molecule has 0 aliphatic heterocycles. The fraction of sp³-hybridized carbons (Fsp3) is 0.222. The number of esters is 1. The molecule has 0 spiro atoms. The summed E-state index contributed by atoms with van der Waals surface area (Å²) in [5.41, 5.74) is 1.79. The third-order valence-corrected chi connectivity index (χ3v) is 3.67. The summed E-state index contributed by atoms with van der Waals surface area (Å²) in [6, 6.07) is 11.6. The van der Waals surface area contributed by atoms with Crippen molar-refractivity contribution >= 4 is 29.2 Å². The highest BCUT2D eigenvalue weighted by Gasteiger charge is 2.19. The first-order valence-corrected chi connectivity index (χ1v) is 7.70. The van der Waals surface area contributed by atoms with Gasteiger partial charge in [0.2, 0.25) is 0 Å². The topological polar surface area (TPSA) is 64.6 Å². The largest absolute Gasteiger partial charge is 0.497 e. The zero-order chi connectivity index (χ0) is 17.7. The molecule has 0 saturated carbocycles. The first-order chi connectivity index (χ1) is 11.4. The molecule has 0 fully saturated rings. The number of methoxy groups -OCH3 is 1. The Morgan fingerprint density at radius 3 is 2.42 bits per heavy atom. The lowest BCUT2D eigenvalue weighted by Gasteiger charge is -2.15. The molecule has 0 aliphatic rings. The van der Waals surface area contributed by atoms with Gasteiger partial charge >= 0.3 is 5.97 Å². The van der Waals surface area contributed by atoms with Gasteiger partial charge in [-0.1, -0.05) is 17.7 Å². The fourth-order valence-electron chi connectivity index (χ4n) is 1.97. The number of anilines is 1. The molecule has 5 nitrogen and oxygen atoms in total. The van der Waals surface area contributed by atoms with Crippen LogP contribution in [-0.2, 0) is 9.53 Å². The lowest BCUT2D eigenvalue weighted by atomic mass is 10.2. The highest BCUT2D eigenvalue weighted by Crippen LogP contribution is 2.20. The van der Waals surface area contributed by atoms with Gasteiger partial charge in [0.15, 0.2) is 6.10 Å². The molecule has 0 saturated heterocycles. The minimum absolute atomic E-state index is 0.342. The number of amides is 1. The van der Waals surface area contributed by atoms with Gasteiger partial charge in [-0.3, -0.25) is 4.79 Å². The van der Waals surface area contributed by atoms with Crippen molar-refractivity contribution in [2.24, 2.45) is 0 Å². The van der Waals surface area contributed by atoms with Crippen LogP contribution in [0.2, 0.25) is 5.02 Å². The zero-order valence-electron chi connectivity index (χ0n) is 13.6. The van der Waals surface area contributed by atoms with Crippen molar-refractivity contribution in [2.45, 2.75) is 20.0 Å². The highest BCUT2D eigenvalue weighted by molar-refractivity contribution is 6.31. The van der Waals surface area contributed by atoms with Gasteiger partial charge in [0.1, 0.15) is 5.75 Å². The van der Waals surface area contributed by atoms with E-state index in [0.29, 0.717) is 22.0 Å². The Labute approximate surface area is 145 Å². The van der Waals surface area contributed by atoms with Gasteiger partial charge in [0.25, 0.3) is 5.91 Å². The van der Waals surface area contributed by atoms with Gasteiger partial charge in [0.05, 0.1) is 12.7 Å². The van der Waals surface area contributed by atoms with E-state index in [1.54, 1.807) is 42.5 Å². The van der Waals surface area contributed by atoms with Crippen LogP contribution in [0.15, 0.2) is 42.5 Å². The molecule has 1 N–H and O–H groups in total. The number of aryl methyl sites for hydroxylation is 1. The first-order valence-electron chi connectivity index (χ1n) is 7.32. The number of carbonyl (C=O) groups is 2. The summed E-state index contributed by atoms with van der Waals surface area (Å²) < 4.78 is 10.2. The van der Waals surface area contributed by atoms with Crippen LogP contribution in [-0.4, -0.2) is 25.1 Å². The van der Waals surface area contributed by atoms with Crippen molar-refractivity contribution in [3.63, 3.8) is 0 Å². The SMILES string of the molecule is COc1ccc(C(=O)OC(C)C(=O)Nc2cc(Cl)ccc2C)cc1. The molecule has 1 amide bonds. The van der Waals surface area contributed by atoms with Crippen LogP contribution in [0.1, 0.15) is 22.8 Å². The molecule has 1 unspecified atom stereocenters. The van der Waals surface area contributed by atoms with Gasteiger partial charge in [-0.05, 0) is 55.8 Å². The maximum Gasteiger partial charge on any atom is 0.338 e.